The van der Waals surface area contributed by atoms with Crippen LogP contribution in [0.25, 0.3) is 0 Å². The first-order chi connectivity index (χ1) is 7.17. The lowest BCUT2D eigenvalue weighted by Crippen LogP contribution is -2.35. The molecule has 0 saturated carbocycles. The Kier molecular flexibility index (Phi) is 3.73. The molecule has 90 valence electrons. The molecule has 9 heteroatoms. The summed E-state index contributed by atoms with van der Waals surface area (Å²) in [4.78, 5) is -0.705. The number of alkyl halides is 3. The maximum atomic E-state index is 12.1. The van der Waals surface area contributed by atoms with Crippen LogP contribution in [0.1, 0.15) is 0 Å². The highest BCUT2D eigenvalue weighted by Gasteiger charge is 2.46. The number of hydrogen-bond donors (Lipinski definition) is 0. The molecule has 0 fully saturated rings. The van der Waals surface area contributed by atoms with Gasteiger partial charge in [-0.1, -0.05) is 23.7 Å². The number of nitrogens with zero attached hydrogens (tertiary/aromatic N) is 1. The fourth-order valence-corrected chi connectivity index (χ4v) is 2.54. The normalized spacial score (nSPS) is 13.1. The van der Waals surface area contributed by atoms with E-state index >= 15 is 0 Å². The molecule has 0 unspecified atom stereocenters. The highest BCUT2D eigenvalue weighted by atomic mass is 35.5. The summed E-state index contributed by atoms with van der Waals surface area (Å²) < 4.78 is 58.0. The molecule has 0 radical (unpaired) electrons. The zero-order chi connectivity index (χ0) is 12.6. The van der Waals surface area contributed by atoms with Crippen LogP contribution >= 0.6 is 23.4 Å². The molecule has 1 aromatic rings. The van der Waals surface area contributed by atoms with Gasteiger partial charge in [0.15, 0.2) is 0 Å². The summed E-state index contributed by atoms with van der Waals surface area (Å²) in [7, 11) is -4.89. The van der Waals surface area contributed by atoms with E-state index in [9.17, 15) is 21.6 Å². The molecule has 16 heavy (non-hydrogen) atoms. The summed E-state index contributed by atoms with van der Waals surface area (Å²) in [5, 5.41) is -0.336. The Labute approximate surface area is 99.5 Å². The van der Waals surface area contributed by atoms with E-state index in [4.69, 9.17) is 23.4 Å². The Morgan fingerprint density at radius 2 is 1.69 bits per heavy atom. The standard InChI is InChI=1S/C7H4Cl2F3NO2S/c8-5-3-1-2-4-6(5)16(14,15)13(9)7(10,11)12/h1-4H. The Hall–Kier alpha value is -0.500. The molecule has 0 aliphatic rings. The van der Waals surface area contributed by atoms with Crippen LogP contribution in [0.2, 0.25) is 5.02 Å². The van der Waals surface area contributed by atoms with Crippen molar-refractivity contribution >= 4 is 33.4 Å². The molecule has 0 N–H and O–H groups in total. The van der Waals surface area contributed by atoms with Crippen molar-refractivity contribution in [2.75, 3.05) is 0 Å². The molecule has 3 nitrogen and oxygen atoms in total. The number of sulfonamides is 1. The smallest absolute Gasteiger partial charge is 0.205 e. The second-order valence-electron chi connectivity index (χ2n) is 2.62. The highest BCUT2D eigenvalue weighted by molar-refractivity contribution is 7.90. The lowest BCUT2D eigenvalue weighted by atomic mass is 10.4. The zero-order valence-corrected chi connectivity index (χ0v) is 9.70. The van der Waals surface area contributed by atoms with Gasteiger partial charge in [0.1, 0.15) is 4.90 Å². The molecular formula is C7H4Cl2F3NO2S. The van der Waals surface area contributed by atoms with Crippen molar-refractivity contribution in [1.82, 2.24) is 3.82 Å². The molecular weight excluding hydrogens is 290 g/mol. The van der Waals surface area contributed by atoms with Gasteiger partial charge in [-0.2, -0.15) is 13.2 Å². The minimum atomic E-state index is -5.21. The molecule has 0 bridgehead atoms. The van der Waals surface area contributed by atoms with Crippen LogP contribution in [0.15, 0.2) is 29.2 Å². The van der Waals surface area contributed by atoms with Crippen LogP contribution in [0.3, 0.4) is 0 Å². The molecule has 0 spiro atoms. The highest BCUT2D eigenvalue weighted by Crippen LogP contribution is 2.33. The van der Waals surface area contributed by atoms with Crippen molar-refractivity contribution in [3.8, 4) is 0 Å². The SMILES string of the molecule is O=S(=O)(c1ccccc1Cl)N(Cl)C(F)(F)F. The van der Waals surface area contributed by atoms with Crippen LogP contribution in [0, 0.1) is 0 Å². The van der Waals surface area contributed by atoms with Crippen molar-refractivity contribution < 1.29 is 21.6 Å². The van der Waals surface area contributed by atoms with E-state index in [2.05, 4.69) is 0 Å². The maximum Gasteiger partial charge on any atom is 0.488 e. The predicted octanol–water partition coefficient (Wildman–Crippen LogP) is 3.00. The van der Waals surface area contributed by atoms with Crippen LogP contribution < -0.4 is 0 Å². The Morgan fingerprint density at radius 1 is 1.19 bits per heavy atom. The van der Waals surface area contributed by atoms with Crippen LogP contribution in [-0.2, 0) is 10.0 Å². The third-order valence-corrected chi connectivity index (χ3v) is 4.24. The minimum absolute atomic E-state index is 0.336. The van der Waals surface area contributed by atoms with Crippen molar-refractivity contribution in [2.24, 2.45) is 0 Å². The molecule has 0 aliphatic heterocycles. The Bertz CT molecular complexity index is 489. The number of hydrogen-bond acceptors (Lipinski definition) is 2. The molecule has 0 aliphatic carbocycles. The molecule has 1 aromatic carbocycles. The third kappa shape index (κ3) is 2.60. The average Bonchev–Trinajstić information content (AvgIpc) is 2.15. The van der Waals surface area contributed by atoms with Gasteiger partial charge >= 0.3 is 6.30 Å². The van der Waals surface area contributed by atoms with Crippen molar-refractivity contribution in [2.45, 2.75) is 11.2 Å². The van der Waals surface area contributed by atoms with E-state index in [0.29, 0.717) is 0 Å². The first kappa shape index (κ1) is 13.6. The molecule has 0 heterocycles. The fourth-order valence-electron chi connectivity index (χ4n) is 0.877. The second kappa shape index (κ2) is 4.40. The van der Waals surface area contributed by atoms with E-state index in [1.165, 1.54) is 12.1 Å². The Morgan fingerprint density at radius 3 is 2.12 bits per heavy atom. The van der Waals surface area contributed by atoms with E-state index in [1.54, 1.807) is 0 Å². The van der Waals surface area contributed by atoms with Gasteiger partial charge in [0.25, 0.3) is 10.0 Å². The topological polar surface area (TPSA) is 37.4 Å². The van der Waals surface area contributed by atoms with Crippen molar-refractivity contribution in [3.63, 3.8) is 0 Å². The number of halogens is 5. The van der Waals surface area contributed by atoms with Crippen molar-refractivity contribution in [1.29, 1.82) is 0 Å². The van der Waals surface area contributed by atoms with E-state index in [0.717, 1.165) is 12.1 Å². The van der Waals surface area contributed by atoms with Crippen LogP contribution in [0.5, 0.6) is 0 Å². The molecule has 0 saturated heterocycles. The largest absolute Gasteiger partial charge is 0.488 e. The molecule has 0 amide bonds. The summed E-state index contributed by atoms with van der Waals surface area (Å²) in [6.07, 6.45) is -5.21. The van der Waals surface area contributed by atoms with E-state index < -0.39 is 25.0 Å². The summed E-state index contributed by atoms with van der Waals surface area (Å²) >= 11 is 10.2. The van der Waals surface area contributed by atoms with Gasteiger partial charge in [-0.05, 0) is 16.0 Å². The first-order valence-electron chi connectivity index (χ1n) is 3.70. The van der Waals surface area contributed by atoms with Crippen LogP contribution in [0.4, 0.5) is 13.2 Å². The zero-order valence-electron chi connectivity index (χ0n) is 7.37. The summed E-state index contributed by atoms with van der Waals surface area (Å²) in [6.45, 7) is 0. The van der Waals surface area contributed by atoms with Gasteiger partial charge in [0.05, 0.1) is 5.02 Å². The van der Waals surface area contributed by atoms with Gasteiger partial charge in [-0.25, -0.2) is 8.42 Å². The maximum absolute atomic E-state index is 12.1. The van der Waals surface area contributed by atoms with Gasteiger partial charge in [-0.15, -0.1) is 0 Å². The van der Waals surface area contributed by atoms with Gasteiger partial charge in [0, 0.05) is 11.8 Å². The molecule has 1 rings (SSSR count). The van der Waals surface area contributed by atoms with E-state index in [-0.39, 0.29) is 5.02 Å². The monoisotopic (exact) mass is 293 g/mol. The quantitative estimate of drug-likeness (QED) is 0.621. The van der Waals surface area contributed by atoms with Gasteiger partial charge in [-0.3, -0.25) is 0 Å². The molecule has 0 aromatic heterocycles. The fraction of sp³-hybridized carbons (Fsp3) is 0.143. The van der Waals surface area contributed by atoms with Gasteiger partial charge in [0.2, 0.25) is 0 Å². The summed E-state index contributed by atoms with van der Waals surface area (Å²) in [5.41, 5.74) is 0. The second-order valence-corrected chi connectivity index (χ2v) is 5.32. The minimum Gasteiger partial charge on any atom is -0.205 e. The number of rotatable bonds is 2. The number of benzene rings is 1. The summed E-state index contributed by atoms with van der Waals surface area (Å²) in [5.74, 6) is 0. The van der Waals surface area contributed by atoms with E-state index in [1.807, 2.05) is 0 Å². The molecule has 0 atom stereocenters. The summed E-state index contributed by atoms with van der Waals surface area (Å²) in [6, 6.07) is 4.70. The predicted molar refractivity (Wildman–Crippen MR) is 52.4 cm³/mol. The van der Waals surface area contributed by atoms with Gasteiger partial charge < -0.3 is 0 Å². The first-order valence-corrected chi connectivity index (χ1v) is 5.85. The third-order valence-electron chi connectivity index (χ3n) is 1.52. The lowest BCUT2D eigenvalue weighted by molar-refractivity contribution is -0.181. The van der Waals surface area contributed by atoms with Crippen LogP contribution in [-0.4, -0.2) is 18.5 Å². The Balaban J connectivity index is 3.29. The lowest BCUT2D eigenvalue weighted by Gasteiger charge is -2.17. The van der Waals surface area contributed by atoms with Crippen molar-refractivity contribution in [3.05, 3.63) is 29.3 Å². The average molecular weight is 294 g/mol.